The maximum atomic E-state index is 9.20. The van der Waals surface area contributed by atoms with Crippen LogP contribution in [0.1, 0.15) is 11.1 Å². The Bertz CT molecular complexity index is 614. The molecule has 0 aliphatic rings. The quantitative estimate of drug-likeness (QED) is 0.802. The summed E-state index contributed by atoms with van der Waals surface area (Å²) in [6.07, 6.45) is 0. The first-order chi connectivity index (χ1) is 8.65. The molecule has 0 fully saturated rings. The molecule has 0 unspecified atom stereocenters. The van der Waals surface area contributed by atoms with Crippen LogP contribution in [0.25, 0.3) is 0 Å². The molecule has 0 aliphatic heterocycles. The molecule has 2 nitrogen and oxygen atoms in total. The number of hydrogen-bond donors (Lipinski definition) is 0. The van der Waals surface area contributed by atoms with Gasteiger partial charge in [0.25, 0.3) is 0 Å². The molecule has 2 aromatic carbocycles. The first-order valence-corrected chi connectivity index (χ1v) is 6.01. The summed E-state index contributed by atoms with van der Waals surface area (Å²) in [6, 6.07) is 15.7. The van der Waals surface area contributed by atoms with Crippen LogP contribution in [0, 0.1) is 18.3 Å². The molecule has 2 rings (SSSR count). The van der Waals surface area contributed by atoms with Crippen LogP contribution in [0.4, 0.5) is 11.4 Å². The molecule has 0 aromatic heterocycles. The molecule has 0 spiro atoms. The van der Waals surface area contributed by atoms with Crippen LogP contribution in [-0.2, 0) is 0 Å². The van der Waals surface area contributed by atoms with Crippen LogP contribution in [0.5, 0.6) is 0 Å². The van der Waals surface area contributed by atoms with Gasteiger partial charge in [-0.05, 0) is 30.7 Å². The maximum absolute atomic E-state index is 9.20. The topological polar surface area (TPSA) is 27.0 Å². The predicted octanol–water partition coefficient (Wildman–Crippen LogP) is 4.29. The number of para-hydroxylation sites is 1. The van der Waals surface area contributed by atoms with Crippen LogP contribution in [0.3, 0.4) is 0 Å². The number of aryl methyl sites for hydroxylation is 1. The lowest BCUT2D eigenvalue weighted by Gasteiger charge is -2.22. The highest BCUT2D eigenvalue weighted by Gasteiger charge is 2.12. The number of anilines is 2. The fraction of sp³-hybridized carbons (Fsp3) is 0.133. The molecule has 0 radical (unpaired) electrons. The van der Waals surface area contributed by atoms with Gasteiger partial charge < -0.3 is 4.90 Å². The average molecular weight is 257 g/mol. The van der Waals surface area contributed by atoms with Crippen LogP contribution in [0.15, 0.2) is 42.5 Å². The molecule has 0 amide bonds. The number of hydrogen-bond acceptors (Lipinski definition) is 2. The second-order valence-electron chi connectivity index (χ2n) is 4.09. The molecule has 18 heavy (non-hydrogen) atoms. The van der Waals surface area contributed by atoms with Crippen molar-refractivity contribution in [2.24, 2.45) is 0 Å². The molecule has 0 aliphatic carbocycles. The molecule has 0 saturated heterocycles. The Morgan fingerprint density at radius 2 is 1.72 bits per heavy atom. The van der Waals surface area contributed by atoms with E-state index in [0.29, 0.717) is 10.6 Å². The van der Waals surface area contributed by atoms with E-state index in [1.165, 1.54) is 0 Å². The molecule has 0 atom stereocenters. The number of halogens is 1. The van der Waals surface area contributed by atoms with Crippen LogP contribution >= 0.6 is 11.6 Å². The van der Waals surface area contributed by atoms with Crippen molar-refractivity contribution in [1.29, 1.82) is 5.26 Å². The molecular formula is C15H13ClN2. The van der Waals surface area contributed by atoms with Crippen molar-refractivity contribution in [3.8, 4) is 6.07 Å². The predicted molar refractivity (Wildman–Crippen MR) is 75.4 cm³/mol. The summed E-state index contributed by atoms with van der Waals surface area (Å²) in [5, 5.41) is 9.69. The van der Waals surface area contributed by atoms with Crippen molar-refractivity contribution < 1.29 is 0 Å². The van der Waals surface area contributed by atoms with Gasteiger partial charge in [-0.15, -0.1) is 0 Å². The highest BCUT2D eigenvalue weighted by Crippen LogP contribution is 2.32. The van der Waals surface area contributed by atoms with Gasteiger partial charge in [-0.25, -0.2) is 0 Å². The second kappa shape index (κ2) is 5.12. The summed E-state index contributed by atoms with van der Waals surface area (Å²) >= 11 is 6.05. The molecular weight excluding hydrogens is 244 g/mol. The first kappa shape index (κ1) is 12.5. The Morgan fingerprint density at radius 1 is 1.06 bits per heavy atom. The minimum atomic E-state index is 0.482. The molecule has 2 aromatic rings. The van der Waals surface area contributed by atoms with Gasteiger partial charge in [-0.2, -0.15) is 5.26 Å². The van der Waals surface area contributed by atoms with Crippen molar-refractivity contribution >= 4 is 23.0 Å². The third kappa shape index (κ3) is 2.18. The fourth-order valence-electron chi connectivity index (χ4n) is 1.97. The molecule has 0 heterocycles. The number of rotatable bonds is 2. The summed E-state index contributed by atoms with van der Waals surface area (Å²) in [5.74, 6) is 0. The van der Waals surface area contributed by atoms with E-state index < -0.39 is 0 Å². The number of nitrogens with zero attached hydrogens (tertiary/aromatic N) is 2. The summed E-state index contributed by atoms with van der Waals surface area (Å²) in [7, 11) is 1.94. The van der Waals surface area contributed by atoms with Crippen LogP contribution < -0.4 is 4.90 Å². The van der Waals surface area contributed by atoms with E-state index in [2.05, 4.69) is 6.07 Å². The van der Waals surface area contributed by atoms with E-state index in [0.717, 1.165) is 16.9 Å². The van der Waals surface area contributed by atoms with Crippen molar-refractivity contribution in [1.82, 2.24) is 0 Å². The Balaban J connectivity index is 2.54. The Kier molecular flexibility index (Phi) is 3.55. The largest absolute Gasteiger partial charge is 0.343 e. The van der Waals surface area contributed by atoms with E-state index in [-0.39, 0.29) is 0 Å². The van der Waals surface area contributed by atoms with Crippen molar-refractivity contribution in [3.05, 3.63) is 58.6 Å². The van der Waals surface area contributed by atoms with Gasteiger partial charge in [0.2, 0.25) is 0 Å². The van der Waals surface area contributed by atoms with Crippen molar-refractivity contribution in [2.75, 3.05) is 11.9 Å². The van der Waals surface area contributed by atoms with E-state index in [4.69, 9.17) is 11.6 Å². The SMILES string of the molecule is Cc1ccccc1N(C)c1cccc(Cl)c1C#N. The van der Waals surface area contributed by atoms with Crippen LogP contribution in [0.2, 0.25) is 5.02 Å². The third-order valence-corrected chi connectivity index (χ3v) is 3.26. The van der Waals surface area contributed by atoms with Crippen molar-refractivity contribution in [3.63, 3.8) is 0 Å². The van der Waals surface area contributed by atoms with Gasteiger partial charge in [-0.1, -0.05) is 35.9 Å². The fourth-order valence-corrected chi connectivity index (χ4v) is 2.18. The Morgan fingerprint density at radius 3 is 2.39 bits per heavy atom. The Labute approximate surface area is 112 Å². The molecule has 0 bridgehead atoms. The highest BCUT2D eigenvalue weighted by atomic mass is 35.5. The number of benzene rings is 2. The maximum Gasteiger partial charge on any atom is 0.103 e. The average Bonchev–Trinajstić information content (AvgIpc) is 2.38. The van der Waals surface area contributed by atoms with Gasteiger partial charge in [-0.3, -0.25) is 0 Å². The number of nitriles is 1. The zero-order chi connectivity index (χ0) is 13.1. The van der Waals surface area contributed by atoms with E-state index >= 15 is 0 Å². The van der Waals surface area contributed by atoms with Gasteiger partial charge in [0.05, 0.1) is 16.3 Å². The van der Waals surface area contributed by atoms with Crippen LogP contribution in [-0.4, -0.2) is 7.05 Å². The van der Waals surface area contributed by atoms with Crippen molar-refractivity contribution in [2.45, 2.75) is 6.92 Å². The zero-order valence-corrected chi connectivity index (χ0v) is 11.1. The first-order valence-electron chi connectivity index (χ1n) is 5.63. The molecule has 0 saturated carbocycles. The Hall–Kier alpha value is -1.98. The normalized spacial score (nSPS) is 9.89. The lowest BCUT2D eigenvalue weighted by molar-refractivity contribution is 1.18. The minimum absolute atomic E-state index is 0.482. The van der Waals surface area contributed by atoms with E-state index in [1.807, 2.05) is 55.3 Å². The lowest BCUT2D eigenvalue weighted by atomic mass is 10.1. The summed E-state index contributed by atoms with van der Waals surface area (Å²) in [5.41, 5.74) is 3.55. The lowest BCUT2D eigenvalue weighted by Crippen LogP contribution is -2.12. The van der Waals surface area contributed by atoms with Gasteiger partial charge >= 0.3 is 0 Å². The summed E-state index contributed by atoms with van der Waals surface area (Å²) in [4.78, 5) is 1.99. The highest BCUT2D eigenvalue weighted by molar-refractivity contribution is 6.32. The second-order valence-corrected chi connectivity index (χ2v) is 4.50. The molecule has 3 heteroatoms. The zero-order valence-electron chi connectivity index (χ0n) is 10.3. The van der Waals surface area contributed by atoms with E-state index in [1.54, 1.807) is 6.07 Å². The monoisotopic (exact) mass is 256 g/mol. The standard InChI is InChI=1S/C15H13ClN2/c1-11-6-3-4-8-14(11)18(2)15-9-5-7-13(16)12(15)10-17/h3-9H,1-2H3. The molecule has 90 valence electrons. The minimum Gasteiger partial charge on any atom is -0.343 e. The van der Waals surface area contributed by atoms with Gasteiger partial charge in [0.1, 0.15) is 6.07 Å². The summed E-state index contributed by atoms with van der Waals surface area (Å²) in [6.45, 7) is 2.04. The summed E-state index contributed by atoms with van der Waals surface area (Å²) < 4.78 is 0. The smallest absolute Gasteiger partial charge is 0.103 e. The third-order valence-electron chi connectivity index (χ3n) is 2.94. The molecule has 0 N–H and O–H groups in total. The van der Waals surface area contributed by atoms with E-state index in [9.17, 15) is 5.26 Å². The van der Waals surface area contributed by atoms with Gasteiger partial charge in [0, 0.05) is 12.7 Å². The van der Waals surface area contributed by atoms with Gasteiger partial charge in [0.15, 0.2) is 0 Å².